The monoisotopic (exact) mass is 494 g/mol. The lowest BCUT2D eigenvalue weighted by atomic mass is 10.1. The highest BCUT2D eigenvalue weighted by molar-refractivity contribution is 6.30. The number of hydrogen-bond donors (Lipinski definition) is 1. The van der Waals surface area contributed by atoms with Crippen LogP contribution >= 0.6 is 11.6 Å². The Bertz CT molecular complexity index is 1400. The van der Waals surface area contributed by atoms with Crippen molar-refractivity contribution < 1.29 is 13.6 Å². The van der Waals surface area contributed by atoms with E-state index in [2.05, 4.69) is 20.2 Å². The molecule has 0 aliphatic heterocycles. The lowest BCUT2D eigenvalue weighted by Gasteiger charge is -2.20. The van der Waals surface area contributed by atoms with E-state index in [1.165, 1.54) is 34.9 Å². The zero-order valence-corrected chi connectivity index (χ0v) is 19.5. The first-order valence-electron chi connectivity index (χ1n) is 10.6. The number of H-pyrrole nitrogens is 1. The smallest absolute Gasteiger partial charge is 0.160 e. The number of benzene rings is 2. The first-order valence-corrected chi connectivity index (χ1v) is 11.0. The van der Waals surface area contributed by atoms with Crippen LogP contribution in [-0.4, -0.2) is 37.9 Å². The fourth-order valence-electron chi connectivity index (χ4n) is 3.50. The van der Waals surface area contributed by atoms with E-state index in [-0.39, 0.29) is 18.1 Å². The third-order valence-electron chi connectivity index (χ3n) is 5.16. The molecule has 35 heavy (non-hydrogen) atoms. The number of carbonyl (C=O) groups excluding carboxylic acids is 1. The van der Waals surface area contributed by atoms with Crippen LogP contribution in [0.15, 0.2) is 73.3 Å². The van der Waals surface area contributed by atoms with Gasteiger partial charge < -0.3 is 14.7 Å². The van der Waals surface area contributed by atoms with Crippen LogP contribution in [0, 0.1) is 11.6 Å². The first kappa shape index (κ1) is 24.0. The third kappa shape index (κ3) is 6.07. The van der Waals surface area contributed by atoms with E-state index in [0.29, 0.717) is 29.3 Å². The topological polar surface area (TPSA) is 79.2 Å². The molecule has 0 atom stereocenters. The Morgan fingerprint density at radius 2 is 1.86 bits per heavy atom. The predicted molar refractivity (Wildman–Crippen MR) is 130 cm³/mol. The molecule has 0 unspecified atom stereocenters. The molecule has 0 spiro atoms. The van der Waals surface area contributed by atoms with Gasteiger partial charge in [-0.15, -0.1) is 10.2 Å². The van der Waals surface area contributed by atoms with Crippen LogP contribution in [0.2, 0.25) is 5.02 Å². The van der Waals surface area contributed by atoms with E-state index < -0.39 is 0 Å². The number of aromatic nitrogens is 5. The van der Waals surface area contributed by atoms with Gasteiger partial charge in [0.2, 0.25) is 0 Å². The Hall–Kier alpha value is -4.11. The Kier molecular flexibility index (Phi) is 7.47. The van der Waals surface area contributed by atoms with Gasteiger partial charge in [0.1, 0.15) is 23.7 Å². The first-order chi connectivity index (χ1) is 16.9. The Balaban J connectivity index is 0.000000189. The van der Waals surface area contributed by atoms with Crippen molar-refractivity contribution in [1.29, 1.82) is 0 Å². The number of pyridine rings is 1. The second kappa shape index (κ2) is 10.9. The van der Waals surface area contributed by atoms with Crippen molar-refractivity contribution in [1.82, 2.24) is 24.6 Å². The summed E-state index contributed by atoms with van der Waals surface area (Å²) in [6.45, 7) is 0.584. The van der Waals surface area contributed by atoms with Crippen molar-refractivity contribution in [3.8, 4) is 11.3 Å². The van der Waals surface area contributed by atoms with E-state index in [1.54, 1.807) is 18.6 Å². The average molecular weight is 495 g/mol. The van der Waals surface area contributed by atoms with Gasteiger partial charge in [0.25, 0.3) is 0 Å². The summed E-state index contributed by atoms with van der Waals surface area (Å²) in [6, 6.07) is 15.5. The summed E-state index contributed by atoms with van der Waals surface area (Å²) in [4.78, 5) is 19.4. The van der Waals surface area contributed by atoms with Crippen molar-refractivity contribution in [2.45, 2.75) is 13.0 Å². The number of carbonyl (C=O) groups is 1. The SMILES string of the molecule is CN(Cc1cc(F)cc(Cl)c1)c1ccc(-c2cnc[nH]2)cc1.O=CCc1nnc2ccc(F)cn12. The van der Waals surface area contributed by atoms with Crippen molar-refractivity contribution in [2.24, 2.45) is 0 Å². The van der Waals surface area contributed by atoms with E-state index in [0.717, 1.165) is 22.5 Å². The number of imidazole rings is 1. The van der Waals surface area contributed by atoms with Crippen LogP contribution in [0.1, 0.15) is 11.4 Å². The van der Waals surface area contributed by atoms with E-state index in [4.69, 9.17) is 11.6 Å². The van der Waals surface area contributed by atoms with Gasteiger partial charge >= 0.3 is 0 Å². The van der Waals surface area contributed by atoms with Gasteiger partial charge in [-0.05, 0) is 53.6 Å². The molecule has 1 N–H and O–H groups in total. The summed E-state index contributed by atoms with van der Waals surface area (Å²) < 4.78 is 27.6. The Morgan fingerprint density at radius 1 is 1.06 bits per heavy atom. The highest BCUT2D eigenvalue weighted by Crippen LogP contribution is 2.23. The highest BCUT2D eigenvalue weighted by Gasteiger charge is 2.07. The molecule has 3 heterocycles. The minimum atomic E-state index is -0.376. The maximum atomic E-state index is 13.4. The van der Waals surface area contributed by atoms with Gasteiger partial charge in [0, 0.05) is 30.5 Å². The molecule has 10 heteroatoms. The number of halogens is 3. The number of aromatic amines is 1. The van der Waals surface area contributed by atoms with Crippen LogP contribution in [0.5, 0.6) is 0 Å². The second-order valence-corrected chi connectivity index (χ2v) is 8.14. The fraction of sp³-hybridized carbons (Fsp3) is 0.120. The van der Waals surface area contributed by atoms with Gasteiger partial charge in [-0.25, -0.2) is 13.8 Å². The van der Waals surface area contributed by atoms with Crippen LogP contribution in [0.4, 0.5) is 14.5 Å². The molecule has 7 nitrogen and oxygen atoms in total. The molecular formula is C25H21ClF2N6O. The van der Waals surface area contributed by atoms with Gasteiger partial charge in [-0.1, -0.05) is 23.7 Å². The molecule has 178 valence electrons. The molecule has 5 rings (SSSR count). The number of nitrogens with one attached hydrogen (secondary N) is 1. The van der Waals surface area contributed by atoms with Crippen molar-refractivity contribution in [2.75, 3.05) is 11.9 Å². The largest absolute Gasteiger partial charge is 0.370 e. The Morgan fingerprint density at radius 3 is 2.54 bits per heavy atom. The number of aldehydes is 1. The highest BCUT2D eigenvalue weighted by atomic mass is 35.5. The maximum Gasteiger partial charge on any atom is 0.160 e. The standard InChI is InChI=1S/C17H15ClFN3.C8H6FN3O/c1-22(10-12-6-14(18)8-15(19)7-12)16-4-2-13(3-5-16)17-9-20-11-21-17;9-6-1-2-7-10-11-8(3-4-13)12(7)5-6/h2-9,11H,10H2,1H3,(H,20,21);1-2,4-5H,3H2. The van der Waals surface area contributed by atoms with Gasteiger partial charge in [0.15, 0.2) is 5.65 Å². The number of fused-ring (bicyclic) bond motifs is 1. The number of rotatable bonds is 6. The molecule has 0 aliphatic carbocycles. The van der Waals surface area contributed by atoms with E-state index in [9.17, 15) is 13.6 Å². The fourth-order valence-corrected chi connectivity index (χ4v) is 3.75. The lowest BCUT2D eigenvalue weighted by Crippen LogP contribution is -2.16. The van der Waals surface area contributed by atoms with Crippen LogP contribution in [0.25, 0.3) is 16.9 Å². The van der Waals surface area contributed by atoms with Crippen LogP contribution in [-0.2, 0) is 17.8 Å². The van der Waals surface area contributed by atoms with Crippen molar-refractivity contribution in [3.05, 3.63) is 101 Å². The lowest BCUT2D eigenvalue weighted by molar-refractivity contribution is -0.107. The minimum absolute atomic E-state index is 0.143. The maximum absolute atomic E-state index is 13.4. The predicted octanol–water partition coefficient (Wildman–Crippen LogP) is 5.12. The van der Waals surface area contributed by atoms with E-state index >= 15 is 0 Å². The quantitative estimate of drug-likeness (QED) is 0.332. The zero-order valence-electron chi connectivity index (χ0n) is 18.7. The molecule has 5 aromatic rings. The van der Waals surface area contributed by atoms with Crippen molar-refractivity contribution in [3.63, 3.8) is 0 Å². The summed E-state index contributed by atoms with van der Waals surface area (Å²) in [6.07, 6.45) is 5.55. The second-order valence-electron chi connectivity index (χ2n) is 7.71. The summed E-state index contributed by atoms with van der Waals surface area (Å²) in [5, 5.41) is 7.92. The summed E-state index contributed by atoms with van der Waals surface area (Å²) >= 11 is 5.89. The van der Waals surface area contributed by atoms with Gasteiger partial charge in [0.05, 0.1) is 24.6 Å². The molecule has 0 fully saturated rings. The molecule has 0 radical (unpaired) electrons. The van der Waals surface area contributed by atoms with Crippen molar-refractivity contribution >= 4 is 29.2 Å². The number of nitrogens with zero attached hydrogens (tertiary/aromatic N) is 5. The molecular weight excluding hydrogens is 474 g/mol. The normalized spacial score (nSPS) is 10.6. The van der Waals surface area contributed by atoms with Gasteiger partial charge in [-0.2, -0.15) is 0 Å². The van der Waals surface area contributed by atoms with Crippen LogP contribution in [0.3, 0.4) is 0 Å². The summed E-state index contributed by atoms with van der Waals surface area (Å²) in [7, 11) is 1.96. The van der Waals surface area contributed by atoms with Crippen LogP contribution < -0.4 is 4.90 Å². The number of hydrogen-bond acceptors (Lipinski definition) is 5. The molecule has 0 bridgehead atoms. The molecule has 2 aromatic carbocycles. The summed E-state index contributed by atoms with van der Waals surface area (Å²) in [5.74, 6) is -0.241. The average Bonchev–Trinajstić information content (AvgIpc) is 3.50. The minimum Gasteiger partial charge on any atom is -0.370 e. The molecule has 0 saturated carbocycles. The van der Waals surface area contributed by atoms with Gasteiger partial charge in [-0.3, -0.25) is 4.40 Å². The molecule has 0 amide bonds. The Labute approximate surface area is 205 Å². The third-order valence-corrected chi connectivity index (χ3v) is 5.38. The van der Waals surface area contributed by atoms with E-state index in [1.807, 2.05) is 36.2 Å². The zero-order chi connectivity index (χ0) is 24.8. The molecule has 0 aliphatic rings. The summed E-state index contributed by atoms with van der Waals surface area (Å²) in [5.41, 5.74) is 4.47. The molecule has 3 aromatic heterocycles. The molecule has 0 saturated heterocycles. The number of anilines is 1.